The summed E-state index contributed by atoms with van der Waals surface area (Å²) in [5.41, 5.74) is 6.58. The van der Waals surface area contributed by atoms with E-state index in [1.807, 2.05) is 12.2 Å². The third kappa shape index (κ3) is 3.21. The van der Waals surface area contributed by atoms with Crippen molar-refractivity contribution in [1.29, 1.82) is 0 Å². The zero-order valence-corrected chi connectivity index (χ0v) is 11.0. The maximum Gasteiger partial charge on any atom is 0.221 e. The van der Waals surface area contributed by atoms with Crippen LogP contribution in [0.1, 0.15) is 12.1 Å². The van der Waals surface area contributed by atoms with Crippen molar-refractivity contribution in [2.45, 2.75) is 12.8 Å². The van der Waals surface area contributed by atoms with E-state index in [9.17, 15) is 4.79 Å². The van der Waals surface area contributed by atoms with Crippen LogP contribution in [0.25, 0.3) is 0 Å². The second-order valence-electron chi connectivity index (χ2n) is 4.48. The summed E-state index contributed by atoms with van der Waals surface area (Å²) in [6, 6.07) is 0. The van der Waals surface area contributed by atoms with Gasteiger partial charge in [0.2, 0.25) is 12.4 Å². The Morgan fingerprint density at radius 3 is 2.84 bits per heavy atom. The summed E-state index contributed by atoms with van der Waals surface area (Å²) in [7, 11) is 0. The third-order valence-corrected chi connectivity index (χ3v) is 3.38. The first-order valence-electron chi connectivity index (χ1n) is 5.95. The predicted molar refractivity (Wildman–Crippen MR) is 72.7 cm³/mol. The molecule has 1 aromatic rings. The molecule has 2 rings (SSSR count). The number of hydrogen-bond acceptors (Lipinski definition) is 5. The number of nitrogens with zero attached hydrogens (tertiary/aromatic N) is 2. The quantitative estimate of drug-likeness (QED) is 0.425. The number of nitrogens with two attached hydrogens (primary N) is 1. The summed E-state index contributed by atoms with van der Waals surface area (Å²) in [5.74, 6) is 0.508. The van der Waals surface area contributed by atoms with E-state index in [1.54, 1.807) is 0 Å². The molecule has 0 radical (unpaired) electrons. The highest BCUT2D eigenvalue weighted by molar-refractivity contribution is 6.32. The molecule has 0 aliphatic heterocycles. The number of anilines is 2. The van der Waals surface area contributed by atoms with Crippen LogP contribution in [0.3, 0.4) is 0 Å². The lowest BCUT2D eigenvalue weighted by Gasteiger charge is -2.13. The van der Waals surface area contributed by atoms with Crippen molar-refractivity contribution >= 4 is 29.6 Å². The molecule has 19 heavy (non-hydrogen) atoms. The molecular formula is C12H15ClN4O2. The van der Waals surface area contributed by atoms with E-state index < -0.39 is 0 Å². The molecule has 1 aromatic heterocycles. The highest BCUT2D eigenvalue weighted by Crippen LogP contribution is 2.30. The molecule has 0 unspecified atom stereocenters. The maximum absolute atomic E-state index is 10.6. The largest absolute Gasteiger partial charge is 0.396 e. The lowest BCUT2D eigenvalue weighted by atomic mass is 9.98. The Morgan fingerprint density at radius 1 is 1.47 bits per heavy atom. The van der Waals surface area contributed by atoms with Gasteiger partial charge in [0, 0.05) is 12.5 Å². The molecule has 6 nitrogen and oxygen atoms in total. The van der Waals surface area contributed by atoms with Gasteiger partial charge >= 0.3 is 0 Å². The van der Waals surface area contributed by atoms with Crippen LogP contribution in [0.5, 0.6) is 0 Å². The lowest BCUT2D eigenvalue weighted by Crippen LogP contribution is -2.11. The fraction of sp³-hybridized carbons (Fsp3) is 0.417. The Labute approximate surface area is 115 Å². The van der Waals surface area contributed by atoms with Crippen molar-refractivity contribution in [1.82, 2.24) is 9.97 Å². The van der Waals surface area contributed by atoms with Gasteiger partial charge in [-0.2, -0.15) is 4.98 Å². The lowest BCUT2D eigenvalue weighted by molar-refractivity contribution is -0.105. The average molecular weight is 283 g/mol. The summed E-state index contributed by atoms with van der Waals surface area (Å²) in [6.07, 6.45) is 6.00. The van der Waals surface area contributed by atoms with Crippen molar-refractivity contribution in [3.05, 3.63) is 23.0 Å². The van der Waals surface area contributed by atoms with E-state index in [2.05, 4.69) is 15.3 Å². The predicted octanol–water partition coefficient (Wildman–Crippen LogP) is 1.01. The van der Waals surface area contributed by atoms with Crippen LogP contribution in [0, 0.1) is 11.8 Å². The van der Waals surface area contributed by atoms with Crippen LogP contribution in [-0.4, -0.2) is 28.1 Å². The summed E-state index contributed by atoms with van der Waals surface area (Å²) in [4.78, 5) is 18.5. The minimum Gasteiger partial charge on any atom is -0.396 e. The van der Waals surface area contributed by atoms with Crippen molar-refractivity contribution in [3.8, 4) is 0 Å². The summed E-state index contributed by atoms with van der Waals surface area (Å²) >= 11 is 5.94. The van der Waals surface area contributed by atoms with Crippen LogP contribution in [0.2, 0.25) is 5.15 Å². The van der Waals surface area contributed by atoms with Crippen LogP contribution in [0.15, 0.2) is 12.2 Å². The Morgan fingerprint density at radius 2 is 2.21 bits per heavy atom. The zero-order valence-electron chi connectivity index (χ0n) is 10.2. The Balaban J connectivity index is 2.19. The molecule has 0 aromatic carbocycles. The van der Waals surface area contributed by atoms with Crippen LogP contribution in [-0.2, 0) is 11.2 Å². The molecule has 0 bridgehead atoms. The Hall–Kier alpha value is -1.66. The molecule has 1 aliphatic rings. The summed E-state index contributed by atoms with van der Waals surface area (Å²) in [6.45, 7) is 0.138. The number of carbonyl (C=O) groups is 1. The number of carbonyl (C=O) groups excluding carboxylic acids is 1. The number of amides is 1. The number of nitrogen functional groups attached to an aromatic ring is 1. The van der Waals surface area contributed by atoms with Gasteiger partial charge in [0.05, 0.1) is 5.69 Å². The van der Waals surface area contributed by atoms with Gasteiger partial charge in [0.15, 0.2) is 5.15 Å². The van der Waals surface area contributed by atoms with Gasteiger partial charge in [-0.15, -0.1) is 0 Å². The highest BCUT2D eigenvalue weighted by atomic mass is 35.5. The van der Waals surface area contributed by atoms with Crippen molar-refractivity contribution < 1.29 is 9.90 Å². The number of aliphatic hydroxyl groups is 1. The molecule has 0 saturated carbocycles. The monoisotopic (exact) mass is 282 g/mol. The van der Waals surface area contributed by atoms with E-state index in [1.165, 1.54) is 0 Å². The van der Waals surface area contributed by atoms with Crippen molar-refractivity contribution in [2.24, 2.45) is 11.8 Å². The number of allylic oxidation sites excluding steroid dienone is 1. The smallest absolute Gasteiger partial charge is 0.221 e. The molecule has 2 atom stereocenters. The van der Waals surface area contributed by atoms with Crippen molar-refractivity contribution in [3.63, 3.8) is 0 Å². The summed E-state index contributed by atoms with van der Waals surface area (Å²) in [5, 5.41) is 11.7. The van der Waals surface area contributed by atoms with Crippen LogP contribution >= 0.6 is 11.6 Å². The molecule has 1 aliphatic carbocycles. The molecule has 0 fully saturated rings. The molecular weight excluding hydrogens is 268 g/mol. The second-order valence-corrected chi connectivity index (χ2v) is 4.84. The average Bonchev–Trinajstić information content (AvgIpc) is 2.81. The van der Waals surface area contributed by atoms with E-state index in [0.29, 0.717) is 24.2 Å². The number of nitrogens with one attached hydrogen (secondary N) is 1. The fourth-order valence-corrected chi connectivity index (χ4v) is 2.49. The normalized spacial score (nSPS) is 21.6. The SMILES string of the molecule is Nc1nc(Cl)c(NC=O)c(C[C@H]2C=C[C@@H](CO)C2)n1. The van der Waals surface area contributed by atoms with E-state index in [4.69, 9.17) is 22.4 Å². The number of halogens is 1. The van der Waals surface area contributed by atoms with Gasteiger partial charge in [-0.1, -0.05) is 23.8 Å². The Kier molecular flexibility index (Phi) is 4.34. The van der Waals surface area contributed by atoms with Gasteiger partial charge in [0.1, 0.15) is 5.69 Å². The minimum absolute atomic E-state index is 0.0807. The van der Waals surface area contributed by atoms with Crippen LogP contribution < -0.4 is 11.1 Å². The number of rotatable bonds is 5. The molecule has 1 amide bonds. The Bertz CT molecular complexity index is 507. The fourth-order valence-electron chi connectivity index (χ4n) is 2.24. The molecule has 4 N–H and O–H groups in total. The first kappa shape index (κ1) is 13.8. The van der Waals surface area contributed by atoms with Gasteiger partial charge in [-0.3, -0.25) is 4.79 Å². The van der Waals surface area contributed by atoms with Crippen LogP contribution in [0.4, 0.5) is 11.6 Å². The highest BCUT2D eigenvalue weighted by Gasteiger charge is 2.21. The summed E-state index contributed by atoms with van der Waals surface area (Å²) < 4.78 is 0. The molecule has 102 valence electrons. The van der Waals surface area contributed by atoms with Gasteiger partial charge in [-0.25, -0.2) is 4.98 Å². The first-order chi connectivity index (χ1) is 9.13. The van der Waals surface area contributed by atoms with E-state index in [0.717, 1.165) is 6.42 Å². The number of hydrogen-bond donors (Lipinski definition) is 3. The topological polar surface area (TPSA) is 101 Å². The van der Waals surface area contributed by atoms with Gasteiger partial charge in [0.25, 0.3) is 0 Å². The van der Waals surface area contributed by atoms with E-state index >= 15 is 0 Å². The minimum atomic E-state index is 0.0807. The maximum atomic E-state index is 10.6. The molecule has 1 heterocycles. The molecule has 0 saturated heterocycles. The molecule has 7 heteroatoms. The first-order valence-corrected chi connectivity index (χ1v) is 6.33. The van der Waals surface area contributed by atoms with E-state index in [-0.39, 0.29) is 29.5 Å². The van der Waals surface area contributed by atoms with Gasteiger partial charge in [-0.05, 0) is 18.8 Å². The second kappa shape index (κ2) is 5.99. The zero-order chi connectivity index (χ0) is 13.8. The van der Waals surface area contributed by atoms with Gasteiger partial charge < -0.3 is 16.2 Å². The third-order valence-electron chi connectivity index (χ3n) is 3.11. The number of aliphatic hydroxyl groups excluding tert-OH is 1. The molecule has 0 spiro atoms. The van der Waals surface area contributed by atoms with Crippen molar-refractivity contribution in [2.75, 3.05) is 17.7 Å². The number of aromatic nitrogens is 2. The standard InChI is InChI=1S/C12H15ClN4O2/c13-11-10(15-6-19)9(16-12(14)17-11)4-7-1-2-8(3-7)5-18/h1-2,6-8,18H,3-5H2,(H,15,19)(H2,14,16,17)/t7-,8+/m0/s1.